The van der Waals surface area contributed by atoms with Crippen molar-refractivity contribution in [3.63, 3.8) is 0 Å². The monoisotopic (exact) mass is 287 g/mol. The summed E-state index contributed by atoms with van der Waals surface area (Å²) in [6.07, 6.45) is 8.81. The largest absolute Gasteiger partial charge is 0.341 e. The minimum Gasteiger partial charge on any atom is -0.341 e. The second kappa shape index (κ2) is 5.07. The molecule has 2 nitrogen and oxygen atoms in total. The van der Waals surface area contributed by atoms with Crippen molar-refractivity contribution in [3.8, 4) is 0 Å². The molecule has 0 aromatic heterocycles. The maximum absolute atomic E-state index is 12.0. The van der Waals surface area contributed by atoms with Gasteiger partial charge in [-0.1, -0.05) is 42.1 Å². The highest BCUT2D eigenvalue weighted by Crippen LogP contribution is 2.37. The van der Waals surface area contributed by atoms with E-state index >= 15 is 0 Å². The lowest BCUT2D eigenvalue weighted by Gasteiger charge is -2.40. The molecule has 1 aliphatic carbocycles. The van der Waals surface area contributed by atoms with E-state index in [-0.39, 0.29) is 4.83 Å². The van der Waals surface area contributed by atoms with Crippen LogP contribution in [0.15, 0.2) is 0 Å². The molecule has 0 N–H and O–H groups in total. The van der Waals surface area contributed by atoms with Crippen LogP contribution in [0.2, 0.25) is 0 Å². The van der Waals surface area contributed by atoms with E-state index in [1.165, 1.54) is 32.1 Å². The molecule has 0 aromatic carbocycles. The molecule has 1 amide bonds. The zero-order valence-electron chi connectivity index (χ0n) is 10.2. The van der Waals surface area contributed by atoms with Gasteiger partial charge in [-0.15, -0.1) is 0 Å². The summed E-state index contributed by atoms with van der Waals surface area (Å²) < 4.78 is 0. The number of hydrogen-bond acceptors (Lipinski definition) is 1. The van der Waals surface area contributed by atoms with Crippen molar-refractivity contribution in [1.29, 1.82) is 0 Å². The minimum atomic E-state index is 0.0773. The Kier molecular flexibility index (Phi) is 3.93. The molecule has 1 unspecified atom stereocenters. The summed E-state index contributed by atoms with van der Waals surface area (Å²) in [7, 11) is 0. The first-order valence-corrected chi connectivity index (χ1v) is 7.45. The second-order valence-electron chi connectivity index (χ2n) is 5.74. The maximum atomic E-state index is 12.0. The van der Waals surface area contributed by atoms with Crippen LogP contribution in [0, 0.1) is 5.41 Å². The topological polar surface area (TPSA) is 20.3 Å². The molecule has 0 bridgehead atoms. The van der Waals surface area contributed by atoms with Crippen molar-refractivity contribution in [2.75, 3.05) is 13.1 Å². The van der Waals surface area contributed by atoms with E-state index < -0.39 is 0 Å². The molecule has 0 aromatic rings. The van der Waals surface area contributed by atoms with Gasteiger partial charge in [0.25, 0.3) is 0 Å². The van der Waals surface area contributed by atoms with Gasteiger partial charge in [-0.2, -0.15) is 0 Å². The highest BCUT2D eigenvalue weighted by atomic mass is 79.9. The predicted molar refractivity (Wildman–Crippen MR) is 69.7 cm³/mol. The van der Waals surface area contributed by atoms with Gasteiger partial charge in [-0.05, 0) is 31.1 Å². The average Bonchev–Trinajstić information content (AvgIpc) is 2.26. The van der Waals surface area contributed by atoms with Crippen LogP contribution in [0.4, 0.5) is 0 Å². The van der Waals surface area contributed by atoms with Gasteiger partial charge in [0.15, 0.2) is 0 Å². The van der Waals surface area contributed by atoms with E-state index in [4.69, 9.17) is 0 Å². The number of nitrogens with zero attached hydrogens (tertiary/aromatic N) is 1. The summed E-state index contributed by atoms with van der Waals surface area (Å²) in [6, 6.07) is 0. The van der Waals surface area contributed by atoms with E-state index in [1.807, 2.05) is 0 Å². The van der Waals surface area contributed by atoms with Crippen LogP contribution in [0.1, 0.15) is 51.9 Å². The number of halogens is 1. The van der Waals surface area contributed by atoms with Crippen LogP contribution in [0.25, 0.3) is 0 Å². The lowest BCUT2D eigenvalue weighted by Crippen LogP contribution is -2.47. The molecule has 92 valence electrons. The quantitative estimate of drug-likeness (QED) is 0.714. The Morgan fingerprint density at radius 2 is 2.00 bits per heavy atom. The molecular weight excluding hydrogens is 266 g/mol. The van der Waals surface area contributed by atoms with Gasteiger partial charge in [-0.25, -0.2) is 0 Å². The van der Waals surface area contributed by atoms with Gasteiger partial charge in [0.2, 0.25) is 5.91 Å². The average molecular weight is 288 g/mol. The summed E-state index contributed by atoms with van der Waals surface area (Å²) in [5.41, 5.74) is 0.387. The molecule has 0 radical (unpaired) electrons. The van der Waals surface area contributed by atoms with Crippen molar-refractivity contribution in [2.45, 2.75) is 56.7 Å². The normalized spacial score (nSPS) is 30.5. The fourth-order valence-corrected chi connectivity index (χ4v) is 3.69. The highest BCUT2D eigenvalue weighted by Gasteiger charge is 2.34. The lowest BCUT2D eigenvalue weighted by atomic mass is 9.75. The third kappa shape index (κ3) is 2.79. The number of carbonyl (C=O) groups is 1. The van der Waals surface area contributed by atoms with E-state index in [1.54, 1.807) is 0 Å². The predicted octanol–water partition coefficient (Wildman–Crippen LogP) is 3.34. The highest BCUT2D eigenvalue weighted by molar-refractivity contribution is 9.10. The Morgan fingerprint density at radius 3 is 2.69 bits per heavy atom. The van der Waals surface area contributed by atoms with Crippen LogP contribution in [-0.2, 0) is 4.79 Å². The molecule has 16 heavy (non-hydrogen) atoms. The molecule has 3 heteroatoms. The van der Waals surface area contributed by atoms with Crippen LogP contribution in [-0.4, -0.2) is 28.7 Å². The van der Waals surface area contributed by atoms with E-state index in [9.17, 15) is 4.79 Å². The Balaban J connectivity index is 1.94. The Labute approximate surface area is 107 Å². The van der Waals surface area contributed by atoms with Crippen LogP contribution in [0.5, 0.6) is 0 Å². The number of hydrogen-bond donors (Lipinski definition) is 0. The number of rotatable bonds is 2. The van der Waals surface area contributed by atoms with Crippen LogP contribution < -0.4 is 0 Å². The number of alkyl halides is 1. The Bertz CT molecular complexity index is 261. The van der Waals surface area contributed by atoms with Gasteiger partial charge in [0.05, 0.1) is 4.83 Å². The molecule has 2 rings (SSSR count). The SMILES string of the molecule is CC1(CN2CCCC(Br)C2=O)CCCCC1. The van der Waals surface area contributed by atoms with Crippen molar-refractivity contribution in [1.82, 2.24) is 4.90 Å². The summed E-state index contributed by atoms with van der Waals surface area (Å²) in [6.45, 7) is 4.31. The van der Waals surface area contributed by atoms with Crippen LogP contribution >= 0.6 is 15.9 Å². The first-order valence-electron chi connectivity index (χ1n) is 6.54. The molecule has 2 fully saturated rings. The first kappa shape index (κ1) is 12.4. The van der Waals surface area contributed by atoms with Gasteiger partial charge >= 0.3 is 0 Å². The summed E-state index contributed by atoms with van der Waals surface area (Å²) in [4.78, 5) is 14.2. The van der Waals surface area contributed by atoms with E-state index in [2.05, 4.69) is 27.8 Å². The standard InChI is InChI=1S/C13H22BrNO/c1-13(7-3-2-4-8-13)10-15-9-5-6-11(14)12(15)16/h11H,2-10H2,1H3. The van der Waals surface area contributed by atoms with Gasteiger partial charge in [-0.3, -0.25) is 4.79 Å². The zero-order valence-corrected chi connectivity index (χ0v) is 11.8. The molecule has 1 saturated carbocycles. The lowest BCUT2D eigenvalue weighted by molar-refractivity contribution is -0.134. The van der Waals surface area contributed by atoms with E-state index in [0.29, 0.717) is 11.3 Å². The Hall–Kier alpha value is -0.0500. The number of likely N-dealkylation sites (tertiary alicyclic amines) is 1. The molecule has 2 aliphatic rings. The molecule has 1 aliphatic heterocycles. The number of piperidine rings is 1. The molecule has 1 heterocycles. The molecule has 0 spiro atoms. The molecule has 1 saturated heterocycles. The van der Waals surface area contributed by atoms with Gasteiger partial charge in [0, 0.05) is 13.1 Å². The fourth-order valence-electron chi connectivity index (χ4n) is 3.07. The minimum absolute atomic E-state index is 0.0773. The molecular formula is C13H22BrNO. The smallest absolute Gasteiger partial charge is 0.236 e. The number of amides is 1. The molecule has 1 atom stereocenters. The van der Waals surface area contributed by atoms with Gasteiger partial charge in [0.1, 0.15) is 0 Å². The van der Waals surface area contributed by atoms with E-state index in [0.717, 1.165) is 25.9 Å². The van der Waals surface area contributed by atoms with Crippen molar-refractivity contribution in [2.24, 2.45) is 5.41 Å². The Morgan fingerprint density at radius 1 is 1.31 bits per heavy atom. The number of carbonyl (C=O) groups excluding carboxylic acids is 1. The van der Waals surface area contributed by atoms with Crippen molar-refractivity contribution >= 4 is 21.8 Å². The maximum Gasteiger partial charge on any atom is 0.236 e. The summed E-state index contributed by atoms with van der Waals surface area (Å²) >= 11 is 3.49. The summed E-state index contributed by atoms with van der Waals surface area (Å²) in [5.74, 6) is 0.318. The summed E-state index contributed by atoms with van der Waals surface area (Å²) in [5, 5.41) is 0. The second-order valence-corrected chi connectivity index (χ2v) is 6.85. The van der Waals surface area contributed by atoms with Gasteiger partial charge < -0.3 is 4.90 Å². The third-order valence-corrected chi connectivity index (χ3v) is 4.95. The van der Waals surface area contributed by atoms with Crippen molar-refractivity contribution in [3.05, 3.63) is 0 Å². The first-order chi connectivity index (χ1) is 7.61. The van der Waals surface area contributed by atoms with Crippen molar-refractivity contribution < 1.29 is 4.79 Å². The fraction of sp³-hybridized carbons (Fsp3) is 0.923. The third-order valence-electron chi connectivity index (χ3n) is 4.10. The zero-order chi connectivity index (χ0) is 11.6. The van der Waals surface area contributed by atoms with Crippen LogP contribution in [0.3, 0.4) is 0 Å².